The van der Waals surface area contributed by atoms with Gasteiger partial charge in [0.05, 0.1) is 19.4 Å². The average molecular weight is 447 g/mol. The number of halogens is 3. The van der Waals surface area contributed by atoms with Crippen molar-refractivity contribution in [3.05, 3.63) is 93.2 Å². The molecule has 0 heterocycles. The van der Waals surface area contributed by atoms with Crippen LogP contribution in [0, 0.1) is 5.82 Å². The molecule has 156 valence electrons. The van der Waals surface area contributed by atoms with Crippen molar-refractivity contribution in [2.45, 2.75) is 20.1 Å². The van der Waals surface area contributed by atoms with Gasteiger partial charge in [0, 0.05) is 15.6 Å². The van der Waals surface area contributed by atoms with Gasteiger partial charge in [0.2, 0.25) is 0 Å². The van der Waals surface area contributed by atoms with Crippen LogP contribution in [0.25, 0.3) is 0 Å². The Labute approximate surface area is 185 Å². The summed E-state index contributed by atoms with van der Waals surface area (Å²) in [6.07, 6.45) is 1.68. The molecule has 3 aromatic carbocycles. The van der Waals surface area contributed by atoms with Gasteiger partial charge < -0.3 is 14.9 Å². The van der Waals surface area contributed by atoms with Crippen molar-refractivity contribution in [3.8, 4) is 11.5 Å². The summed E-state index contributed by atoms with van der Waals surface area (Å²) in [6, 6.07) is 17.1. The largest absolute Gasteiger partial charge is 0.490 e. The number of benzene rings is 3. The Balaban J connectivity index is 1.63. The van der Waals surface area contributed by atoms with Gasteiger partial charge in [0.25, 0.3) is 0 Å². The molecule has 0 atom stereocenters. The van der Waals surface area contributed by atoms with Gasteiger partial charge >= 0.3 is 0 Å². The summed E-state index contributed by atoms with van der Waals surface area (Å²) in [4.78, 5) is 0. The fourth-order valence-electron chi connectivity index (χ4n) is 2.68. The molecule has 0 aliphatic carbocycles. The van der Waals surface area contributed by atoms with Crippen LogP contribution in [-0.4, -0.2) is 12.8 Å². The van der Waals surface area contributed by atoms with E-state index in [0.717, 1.165) is 16.7 Å². The van der Waals surface area contributed by atoms with E-state index in [9.17, 15) is 4.39 Å². The van der Waals surface area contributed by atoms with Crippen LogP contribution in [-0.2, 0) is 13.2 Å². The molecular weight excluding hydrogens is 426 g/mol. The van der Waals surface area contributed by atoms with Crippen LogP contribution in [0.3, 0.4) is 0 Å². The van der Waals surface area contributed by atoms with Crippen molar-refractivity contribution in [1.82, 2.24) is 5.43 Å². The highest BCUT2D eigenvalue weighted by Gasteiger charge is 2.07. The third-order valence-corrected chi connectivity index (χ3v) is 4.91. The quantitative estimate of drug-likeness (QED) is 0.312. The van der Waals surface area contributed by atoms with Crippen molar-refractivity contribution >= 4 is 29.4 Å². The third-order valence-electron chi connectivity index (χ3n) is 4.20. The molecule has 0 radical (unpaired) electrons. The van der Waals surface area contributed by atoms with Crippen molar-refractivity contribution < 1.29 is 13.9 Å². The molecule has 0 saturated heterocycles. The Kier molecular flexibility index (Phi) is 7.94. The van der Waals surface area contributed by atoms with Crippen LogP contribution in [0.4, 0.5) is 4.39 Å². The van der Waals surface area contributed by atoms with Crippen LogP contribution < -0.4 is 14.9 Å². The number of nitrogens with one attached hydrogen (secondary N) is 1. The van der Waals surface area contributed by atoms with E-state index >= 15 is 0 Å². The van der Waals surface area contributed by atoms with Crippen molar-refractivity contribution in [3.63, 3.8) is 0 Å². The summed E-state index contributed by atoms with van der Waals surface area (Å²) in [5.41, 5.74) is 5.44. The minimum atomic E-state index is -0.275. The Morgan fingerprint density at radius 3 is 2.40 bits per heavy atom. The Bertz CT molecular complexity index is 990. The number of rotatable bonds is 9. The second kappa shape index (κ2) is 10.9. The SMILES string of the molecule is CCOc1cc(/C=N/NCc2c(Cl)cccc2Cl)ccc1OCc1ccc(F)cc1. The highest BCUT2D eigenvalue weighted by molar-refractivity contribution is 6.35. The van der Waals surface area contributed by atoms with Gasteiger partial charge in [-0.2, -0.15) is 5.10 Å². The number of nitrogens with zero attached hydrogens (tertiary/aromatic N) is 1. The minimum Gasteiger partial charge on any atom is -0.490 e. The van der Waals surface area contributed by atoms with Gasteiger partial charge in [-0.25, -0.2) is 4.39 Å². The first-order chi connectivity index (χ1) is 14.6. The molecule has 0 amide bonds. The molecule has 30 heavy (non-hydrogen) atoms. The summed E-state index contributed by atoms with van der Waals surface area (Å²) in [5, 5.41) is 5.41. The molecule has 7 heteroatoms. The molecular formula is C23H21Cl2FN2O2. The number of ether oxygens (including phenoxy) is 2. The van der Waals surface area contributed by atoms with E-state index in [2.05, 4.69) is 10.5 Å². The average Bonchev–Trinajstić information content (AvgIpc) is 2.73. The number of hydrazone groups is 1. The summed E-state index contributed by atoms with van der Waals surface area (Å²) < 4.78 is 24.6. The standard InChI is InChI=1S/C23H21Cl2FN2O2/c1-2-29-23-12-17(13-27-28-14-19-20(24)4-3-5-21(19)25)8-11-22(23)30-15-16-6-9-18(26)10-7-16/h3-13,28H,2,14-15H2,1H3/b27-13+. The van der Waals surface area contributed by atoms with Crippen LogP contribution in [0.5, 0.6) is 11.5 Å². The highest BCUT2D eigenvalue weighted by Crippen LogP contribution is 2.29. The smallest absolute Gasteiger partial charge is 0.161 e. The zero-order valence-corrected chi connectivity index (χ0v) is 17.9. The molecule has 3 rings (SSSR count). The van der Waals surface area contributed by atoms with E-state index in [-0.39, 0.29) is 5.82 Å². The maximum atomic E-state index is 13.0. The van der Waals surface area contributed by atoms with Crippen molar-refractivity contribution in [2.24, 2.45) is 5.10 Å². The lowest BCUT2D eigenvalue weighted by molar-refractivity contribution is 0.269. The molecule has 3 aromatic rings. The summed E-state index contributed by atoms with van der Waals surface area (Å²) in [6.45, 7) is 3.12. The second-order valence-electron chi connectivity index (χ2n) is 6.35. The highest BCUT2D eigenvalue weighted by atomic mass is 35.5. The van der Waals surface area contributed by atoms with Crippen molar-refractivity contribution in [2.75, 3.05) is 6.61 Å². The van der Waals surface area contributed by atoms with Crippen LogP contribution in [0.15, 0.2) is 65.8 Å². The van der Waals surface area contributed by atoms with Gasteiger partial charge in [-0.15, -0.1) is 0 Å². The molecule has 0 aromatic heterocycles. The first-order valence-corrected chi connectivity index (χ1v) is 10.2. The Morgan fingerprint density at radius 2 is 1.70 bits per heavy atom. The number of hydrogen-bond acceptors (Lipinski definition) is 4. The molecule has 0 fully saturated rings. The Hall–Kier alpha value is -2.76. The maximum Gasteiger partial charge on any atom is 0.161 e. The van der Waals surface area contributed by atoms with E-state index in [1.165, 1.54) is 12.1 Å². The van der Waals surface area contributed by atoms with Gasteiger partial charge in [-0.1, -0.05) is 41.4 Å². The lowest BCUT2D eigenvalue weighted by Crippen LogP contribution is -2.07. The predicted octanol–water partition coefficient (Wildman–Crippen LogP) is 6.23. The normalized spacial score (nSPS) is 10.9. The summed E-state index contributed by atoms with van der Waals surface area (Å²) in [5.74, 6) is 0.939. The van der Waals surface area contributed by atoms with Crippen LogP contribution in [0.2, 0.25) is 10.0 Å². The predicted molar refractivity (Wildman–Crippen MR) is 119 cm³/mol. The lowest BCUT2D eigenvalue weighted by atomic mass is 10.2. The fourth-order valence-corrected chi connectivity index (χ4v) is 3.21. The summed E-state index contributed by atoms with van der Waals surface area (Å²) >= 11 is 12.3. The monoisotopic (exact) mass is 446 g/mol. The molecule has 0 aliphatic rings. The van der Waals surface area contributed by atoms with E-state index in [0.29, 0.717) is 41.3 Å². The molecule has 0 bridgehead atoms. The van der Waals surface area contributed by atoms with Crippen molar-refractivity contribution in [1.29, 1.82) is 0 Å². The zero-order valence-electron chi connectivity index (χ0n) is 16.4. The third kappa shape index (κ3) is 6.12. The van der Waals surface area contributed by atoms with Gasteiger partial charge in [-0.3, -0.25) is 0 Å². The van der Waals surface area contributed by atoms with Crippen LogP contribution >= 0.6 is 23.2 Å². The second-order valence-corrected chi connectivity index (χ2v) is 7.16. The van der Waals surface area contributed by atoms with Crippen LogP contribution in [0.1, 0.15) is 23.6 Å². The van der Waals surface area contributed by atoms with Gasteiger partial charge in [0.1, 0.15) is 12.4 Å². The topological polar surface area (TPSA) is 42.8 Å². The molecule has 0 aliphatic heterocycles. The van der Waals surface area contributed by atoms with E-state index < -0.39 is 0 Å². The fraction of sp³-hybridized carbons (Fsp3) is 0.174. The number of hydrogen-bond donors (Lipinski definition) is 1. The molecule has 0 saturated carbocycles. The molecule has 4 nitrogen and oxygen atoms in total. The first kappa shape index (κ1) is 21.9. The Morgan fingerprint density at radius 1 is 0.967 bits per heavy atom. The minimum absolute atomic E-state index is 0.275. The molecule has 0 unspecified atom stereocenters. The molecule has 0 spiro atoms. The zero-order chi connectivity index (χ0) is 21.3. The lowest BCUT2D eigenvalue weighted by Gasteiger charge is -2.12. The van der Waals surface area contributed by atoms with E-state index in [1.807, 2.05) is 25.1 Å². The first-order valence-electron chi connectivity index (χ1n) is 9.39. The summed E-state index contributed by atoms with van der Waals surface area (Å²) in [7, 11) is 0. The molecule has 1 N–H and O–H groups in total. The van der Waals surface area contributed by atoms with E-state index in [1.54, 1.807) is 36.5 Å². The van der Waals surface area contributed by atoms with Gasteiger partial charge in [-0.05, 0) is 60.5 Å². The van der Waals surface area contributed by atoms with Gasteiger partial charge in [0.15, 0.2) is 11.5 Å². The maximum absolute atomic E-state index is 13.0. The van der Waals surface area contributed by atoms with E-state index in [4.69, 9.17) is 32.7 Å².